The van der Waals surface area contributed by atoms with Crippen molar-refractivity contribution in [2.24, 2.45) is 0 Å². The second kappa shape index (κ2) is 11.4. The average molecular weight is 555 g/mol. The minimum absolute atomic E-state index is 0.0268. The van der Waals surface area contributed by atoms with Gasteiger partial charge >= 0.3 is 5.97 Å². The van der Waals surface area contributed by atoms with Crippen LogP contribution >= 0.6 is 0 Å². The maximum Gasteiger partial charge on any atom is 0.305 e. The zero-order chi connectivity index (χ0) is 28.2. The van der Waals surface area contributed by atoms with Gasteiger partial charge in [-0.15, -0.1) is 0 Å². The van der Waals surface area contributed by atoms with E-state index in [4.69, 9.17) is 14.2 Å². The highest BCUT2D eigenvalue weighted by Gasteiger charge is 2.51. The smallest absolute Gasteiger partial charge is 0.305 e. The summed E-state index contributed by atoms with van der Waals surface area (Å²) in [7, 11) is -0.946. The molecule has 0 bridgehead atoms. The first-order valence-electron chi connectivity index (χ1n) is 12.1. The number of hydrogen-bond acceptors (Lipinski definition) is 7. The molecule has 10 nitrogen and oxygen atoms in total. The van der Waals surface area contributed by atoms with Crippen LogP contribution in [0, 0.1) is 0 Å². The number of rotatable bonds is 10. The highest BCUT2D eigenvalue weighted by atomic mass is 32.2. The molecule has 3 aromatic rings. The van der Waals surface area contributed by atoms with Crippen LogP contribution in [-0.4, -0.2) is 62.8 Å². The van der Waals surface area contributed by atoms with E-state index in [1.807, 2.05) is 6.07 Å². The molecule has 3 aromatic carbocycles. The molecule has 1 saturated heterocycles. The third-order valence-corrected chi connectivity index (χ3v) is 8.63. The number of carbonyl (C=O) groups excluding carboxylic acids is 1. The van der Waals surface area contributed by atoms with E-state index in [0.717, 1.165) is 15.4 Å². The van der Waals surface area contributed by atoms with Crippen molar-refractivity contribution in [1.29, 1.82) is 0 Å². The summed E-state index contributed by atoms with van der Waals surface area (Å²) in [6.45, 7) is 0.974. The number of nitrogens with one attached hydrogen (secondary N) is 1. The molecule has 0 aliphatic carbocycles. The molecule has 0 radical (unpaired) electrons. The molecule has 0 saturated carbocycles. The van der Waals surface area contributed by atoms with Crippen molar-refractivity contribution in [3.8, 4) is 22.6 Å². The summed E-state index contributed by atoms with van der Waals surface area (Å²) >= 11 is 0. The number of sulfonamides is 1. The summed E-state index contributed by atoms with van der Waals surface area (Å²) < 4.78 is 44.0. The van der Waals surface area contributed by atoms with Gasteiger partial charge in [-0.05, 0) is 42.3 Å². The lowest BCUT2D eigenvalue weighted by Crippen LogP contribution is -2.57. The molecule has 0 unspecified atom stereocenters. The largest absolute Gasteiger partial charge is 0.496 e. The zero-order valence-electron chi connectivity index (χ0n) is 21.8. The van der Waals surface area contributed by atoms with E-state index in [1.54, 1.807) is 68.8 Å². The SMILES string of the molecule is COc1cccc(OC)c1-c1ccc([C@@H](CC(=O)O)NC(=O)[C@]2(C)COCN2S(=O)(=O)c2ccccc2)cc1. The molecule has 0 spiro atoms. The van der Waals surface area contributed by atoms with Crippen LogP contribution in [0.15, 0.2) is 77.7 Å². The van der Waals surface area contributed by atoms with Gasteiger partial charge in [-0.3, -0.25) is 9.59 Å². The maximum absolute atomic E-state index is 13.6. The molecule has 4 rings (SSSR count). The number of carbonyl (C=O) groups is 2. The quantitative estimate of drug-likeness (QED) is 0.390. The van der Waals surface area contributed by atoms with E-state index in [-0.39, 0.29) is 18.2 Å². The van der Waals surface area contributed by atoms with Gasteiger partial charge in [0.25, 0.3) is 0 Å². The number of methoxy groups -OCH3 is 2. The Labute approximate surface area is 227 Å². The van der Waals surface area contributed by atoms with E-state index in [9.17, 15) is 23.1 Å². The highest BCUT2D eigenvalue weighted by molar-refractivity contribution is 7.89. The number of carboxylic acids is 1. The summed E-state index contributed by atoms with van der Waals surface area (Å²) in [5.74, 6) is -0.587. The Hall–Kier alpha value is -3.93. The third-order valence-electron chi connectivity index (χ3n) is 6.68. The number of ether oxygens (including phenoxy) is 3. The Morgan fingerprint density at radius 2 is 1.62 bits per heavy atom. The molecular formula is C28H30N2O8S. The molecule has 206 valence electrons. The van der Waals surface area contributed by atoms with Gasteiger partial charge in [-0.2, -0.15) is 4.31 Å². The number of aliphatic carboxylic acids is 1. The normalized spacial score (nSPS) is 18.3. The monoisotopic (exact) mass is 554 g/mol. The van der Waals surface area contributed by atoms with Gasteiger partial charge in [0.2, 0.25) is 15.9 Å². The standard InChI is InChI=1S/C28H30N2O8S/c1-28(17-38-18-30(28)39(34,35)21-8-5-4-6-9-21)27(33)29-22(16-25(31)32)19-12-14-20(15-13-19)26-23(36-2)10-7-11-24(26)37-3/h4-15,22H,16-18H2,1-3H3,(H,29,33)(H,31,32)/t22-,28+/m1/s1. The first-order chi connectivity index (χ1) is 18.6. The Balaban J connectivity index is 1.62. The Morgan fingerprint density at radius 3 is 2.18 bits per heavy atom. The fraction of sp³-hybridized carbons (Fsp3) is 0.286. The molecule has 2 N–H and O–H groups in total. The molecule has 2 atom stereocenters. The summed E-state index contributed by atoms with van der Waals surface area (Å²) in [5.41, 5.74) is 0.439. The van der Waals surface area contributed by atoms with Crippen LogP contribution in [0.3, 0.4) is 0 Å². The molecular weight excluding hydrogens is 524 g/mol. The average Bonchev–Trinajstić information content (AvgIpc) is 3.36. The second-order valence-corrected chi connectivity index (χ2v) is 11.1. The number of hydrogen-bond donors (Lipinski definition) is 2. The van der Waals surface area contributed by atoms with Gasteiger partial charge in [0, 0.05) is 0 Å². The lowest BCUT2D eigenvalue weighted by atomic mass is 9.96. The molecule has 39 heavy (non-hydrogen) atoms. The maximum atomic E-state index is 13.6. The highest BCUT2D eigenvalue weighted by Crippen LogP contribution is 2.39. The van der Waals surface area contributed by atoms with E-state index in [0.29, 0.717) is 17.1 Å². The van der Waals surface area contributed by atoms with Crippen LogP contribution in [0.4, 0.5) is 0 Å². The van der Waals surface area contributed by atoms with E-state index >= 15 is 0 Å². The molecule has 1 fully saturated rings. The number of nitrogens with zero attached hydrogens (tertiary/aromatic N) is 1. The van der Waals surface area contributed by atoms with Gasteiger partial charge in [-0.25, -0.2) is 8.42 Å². The third kappa shape index (κ3) is 5.60. The lowest BCUT2D eigenvalue weighted by molar-refractivity contribution is -0.138. The molecule has 11 heteroatoms. The van der Waals surface area contributed by atoms with Crippen molar-refractivity contribution in [2.45, 2.75) is 29.8 Å². The van der Waals surface area contributed by atoms with Crippen molar-refractivity contribution in [1.82, 2.24) is 9.62 Å². The molecule has 1 amide bonds. The van der Waals surface area contributed by atoms with Gasteiger partial charge < -0.3 is 24.6 Å². The molecule has 1 heterocycles. The lowest BCUT2D eigenvalue weighted by Gasteiger charge is -2.32. The Morgan fingerprint density at radius 1 is 1.00 bits per heavy atom. The minimum Gasteiger partial charge on any atom is -0.496 e. The topological polar surface area (TPSA) is 131 Å². The van der Waals surface area contributed by atoms with Gasteiger partial charge in [0.05, 0.1) is 43.7 Å². The molecule has 1 aliphatic heterocycles. The van der Waals surface area contributed by atoms with E-state index in [1.165, 1.54) is 19.1 Å². The van der Waals surface area contributed by atoms with Crippen molar-refractivity contribution < 1.29 is 37.3 Å². The number of benzene rings is 3. The first kappa shape index (κ1) is 28.1. The summed E-state index contributed by atoms with van der Waals surface area (Å²) in [4.78, 5) is 25.3. The van der Waals surface area contributed by atoms with Crippen LogP contribution in [0.25, 0.3) is 11.1 Å². The van der Waals surface area contributed by atoms with Crippen LogP contribution in [0.2, 0.25) is 0 Å². The van der Waals surface area contributed by atoms with Crippen molar-refractivity contribution in [3.05, 3.63) is 78.4 Å². The van der Waals surface area contributed by atoms with E-state index < -0.39 is 39.9 Å². The first-order valence-corrected chi connectivity index (χ1v) is 13.6. The summed E-state index contributed by atoms with van der Waals surface area (Å²) in [5, 5.41) is 12.3. The van der Waals surface area contributed by atoms with Crippen LogP contribution in [0.5, 0.6) is 11.5 Å². The fourth-order valence-electron chi connectivity index (χ4n) is 4.53. The van der Waals surface area contributed by atoms with Gasteiger partial charge in [-0.1, -0.05) is 48.5 Å². The summed E-state index contributed by atoms with van der Waals surface area (Å²) in [6, 6.07) is 19.2. The Bertz CT molecular complexity index is 1420. The van der Waals surface area contributed by atoms with Crippen LogP contribution in [0.1, 0.15) is 24.9 Å². The summed E-state index contributed by atoms with van der Waals surface area (Å²) in [6.07, 6.45) is -0.411. The van der Waals surface area contributed by atoms with Crippen molar-refractivity contribution in [3.63, 3.8) is 0 Å². The predicted molar refractivity (Wildman–Crippen MR) is 143 cm³/mol. The van der Waals surface area contributed by atoms with Crippen molar-refractivity contribution >= 4 is 21.9 Å². The Kier molecular flexibility index (Phi) is 8.24. The minimum atomic E-state index is -4.06. The van der Waals surface area contributed by atoms with Gasteiger partial charge in [0.15, 0.2) is 0 Å². The fourth-order valence-corrected chi connectivity index (χ4v) is 6.17. The number of carboxylic acid groups (broad SMARTS) is 1. The number of amides is 1. The van der Waals surface area contributed by atoms with Crippen LogP contribution in [-0.2, 0) is 24.3 Å². The zero-order valence-corrected chi connectivity index (χ0v) is 22.6. The predicted octanol–water partition coefficient (Wildman–Crippen LogP) is 3.44. The van der Waals surface area contributed by atoms with E-state index in [2.05, 4.69) is 5.32 Å². The van der Waals surface area contributed by atoms with Crippen LogP contribution < -0.4 is 14.8 Å². The van der Waals surface area contributed by atoms with Gasteiger partial charge in [0.1, 0.15) is 23.8 Å². The molecule has 0 aromatic heterocycles. The molecule has 1 aliphatic rings. The second-order valence-electron chi connectivity index (χ2n) is 9.20. The van der Waals surface area contributed by atoms with Crippen molar-refractivity contribution in [2.75, 3.05) is 27.6 Å².